The zero-order valence-electron chi connectivity index (χ0n) is 17.3. The summed E-state index contributed by atoms with van der Waals surface area (Å²) in [5.74, 6) is -0.450. The van der Waals surface area contributed by atoms with Crippen LogP contribution in [0.25, 0.3) is 0 Å². The molecule has 7 heteroatoms. The van der Waals surface area contributed by atoms with Crippen molar-refractivity contribution in [2.45, 2.75) is 32.7 Å². The number of carbonyl (C=O) groups is 3. The molecule has 0 aliphatic rings. The lowest BCUT2D eigenvalue weighted by Crippen LogP contribution is -2.23. The first kappa shape index (κ1) is 22.2. The average molecular weight is 436 g/mol. The molecule has 0 aliphatic heterocycles. The first-order chi connectivity index (χ1) is 15.0. The Morgan fingerprint density at radius 3 is 2.42 bits per heavy atom. The van der Waals surface area contributed by atoms with E-state index in [9.17, 15) is 14.4 Å². The third-order valence-electron chi connectivity index (χ3n) is 4.52. The number of nitrogens with one attached hydrogen (secondary N) is 3. The predicted molar refractivity (Wildman–Crippen MR) is 124 cm³/mol. The minimum atomic E-state index is -0.237. The van der Waals surface area contributed by atoms with Gasteiger partial charge in [-0.2, -0.15) is 0 Å². The maximum atomic E-state index is 12.5. The molecule has 3 aromatic rings. The third kappa shape index (κ3) is 7.38. The molecule has 160 valence electrons. The SMILES string of the molecule is CC(=O)Nc1cccc(CNC(=O)c2cccc(NC(=O)CCCc3cccs3)c2)c1. The van der Waals surface area contributed by atoms with E-state index in [1.54, 1.807) is 41.7 Å². The van der Waals surface area contributed by atoms with E-state index >= 15 is 0 Å². The van der Waals surface area contributed by atoms with E-state index in [4.69, 9.17) is 0 Å². The maximum Gasteiger partial charge on any atom is 0.251 e. The van der Waals surface area contributed by atoms with Crippen LogP contribution in [0.4, 0.5) is 11.4 Å². The zero-order chi connectivity index (χ0) is 22.1. The van der Waals surface area contributed by atoms with Gasteiger partial charge in [-0.25, -0.2) is 0 Å². The Balaban J connectivity index is 1.50. The lowest BCUT2D eigenvalue weighted by molar-refractivity contribution is -0.116. The first-order valence-corrected chi connectivity index (χ1v) is 10.9. The van der Waals surface area contributed by atoms with Crippen LogP contribution >= 0.6 is 11.3 Å². The molecule has 0 saturated carbocycles. The minimum Gasteiger partial charge on any atom is -0.348 e. The van der Waals surface area contributed by atoms with Gasteiger partial charge in [0.05, 0.1) is 0 Å². The van der Waals surface area contributed by atoms with E-state index in [0.717, 1.165) is 18.4 Å². The number of aryl methyl sites for hydroxylation is 1. The minimum absolute atomic E-state index is 0.0658. The van der Waals surface area contributed by atoms with Gasteiger partial charge in [0.1, 0.15) is 0 Å². The van der Waals surface area contributed by atoms with Gasteiger partial charge in [0.25, 0.3) is 5.91 Å². The molecule has 0 radical (unpaired) electrons. The second-order valence-corrected chi connectivity index (χ2v) is 8.16. The fourth-order valence-electron chi connectivity index (χ4n) is 3.09. The highest BCUT2D eigenvalue weighted by molar-refractivity contribution is 7.09. The van der Waals surface area contributed by atoms with Crippen LogP contribution in [-0.2, 0) is 22.6 Å². The van der Waals surface area contributed by atoms with E-state index in [2.05, 4.69) is 22.0 Å². The molecule has 3 rings (SSSR count). The first-order valence-electron chi connectivity index (χ1n) is 10.1. The van der Waals surface area contributed by atoms with Gasteiger partial charge >= 0.3 is 0 Å². The van der Waals surface area contributed by atoms with Crippen molar-refractivity contribution in [1.29, 1.82) is 0 Å². The summed E-state index contributed by atoms with van der Waals surface area (Å²) in [7, 11) is 0. The molecule has 0 saturated heterocycles. The molecular formula is C24H25N3O3S. The van der Waals surface area contributed by atoms with Crippen LogP contribution in [-0.4, -0.2) is 17.7 Å². The molecule has 0 spiro atoms. The topological polar surface area (TPSA) is 87.3 Å². The zero-order valence-corrected chi connectivity index (χ0v) is 18.1. The number of hydrogen-bond acceptors (Lipinski definition) is 4. The monoisotopic (exact) mass is 435 g/mol. The summed E-state index contributed by atoms with van der Waals surface area (Å²) in [6.45, 7) is 1.77. The molecule has 0 fully saturated rings. The van der Waals surface area contributed by atoms with Gasteiger partial charge in [0.15, 0.2) is 0 Å². The molecule has 0 unspecified atom stereocenters. The second kappa shape index (κ2) is 11.1. The number of benzene rings is 2. The van der Waals surface area contributed by atoms with Gasteiger partial charge < -0.3 is 16.0 Å². The summed E-state index contributed by atoms with van der Waals surface area (Å²) in [4.78, 5) is 37.2. The predicted octanol–water partition coefficient (Wildman–Crippen LogP) is 4.60. The van der Waals surface area contributed by atoms with E-state index in [1.165, 1.54) is 11.8 Å². The van der Waals surface area contributed by atoms with Crippen molar-refractivity contribution in [2.75, 3.05) is 10.6 Å². The molecular weight excluding hydrogens is 410 g/mol. The Hall–Kier alpha value is -3.45. The van der Waals surface area contributed by atoms with Gasteiger partial charge in [-0.15, -0.1) is 11.3 Å². The van der Waals surface area contributed by atoms with Crippen LogP contribution < -0.4 is 16.0 Å². The van der Waals surface area contributed by atoms with Crippen molar-refractivity contribution >= 4 is 40.4 Å². The molecule has 0 atom stereocenters. The number of carbonyl (C=O) groups excluding carboxylic acids is 3. The van der Waals surface area contributed by atoms with Crippen molar-refractivity contribution in [2.24, 2.45) is 0 Å². The Labute approximate surface area is 185 Å². The van der Waals surface area contributed by atoms with Crippen molar-refractivity contribution in [3.05, 3.63) is 82.0 Å². The highest BCUT2D eigenvalue weighted by atomic mass is 32.1. The van der Waals surface area contributed by atoms with E-state index in [-0.39, 0.29) is 17.7 Å². The fourth-order valence-corrected chi connectivity index (χ4v) is 3.84. The van der Waals surface area contributed by atoms with Crippen molar-refractivity contribution < 1.29 is 14.4 Å². The summed E-state index contributed by atoms with van der Waals surface area (Å²) in [6, 6.07) is 18.3. The number of anilines is 2. The summed E-state index contributed by atoms with van der Waals surface area (Å²) in [5, 5.41) is 10.5. The Morgan fingerprint density at radius 2 is 1.68 bits per heavy atom. The molecule has 2 aromatic carbocycles. The summed E-state index contributed by atoms with van der Waals surface area (Å²) in [6.07, 6.45) is 2.10. The Morgan fingerprint density at radius 1 is 0.903 bits per heavy atom. The van der Waals surface area contributed by atoms with Crippen LogP contribution in [0.5, 0.6) is 0 Å². The van der Waals surface area contributed by atoms with Gasteiger partial charge in [-0.3, -0.25) is 14.4 Å². The van der Waals surface area contributed by atoms with Crippen LogP contribution in [0.2, 0.25) is 0 Å². The average Bonchev–Trinajstić information content (AvgIpc) is 3.25. The lowest BCUT2D eigenvalue weighted by Gasteiger charge is -2.09. The summed E-state index contributed by atoms with van der Waals surface area (Å²) >= 11 is 1.70. The normalized spacial score (nSPS) is 10.4. The molecule has 31 heavy (non-hydrogen) atoms. The highest BCUT2D eigenvalue weighted by Gasteiger charge is 2.09. The van der Waals surface area contributed by atoms with Crippen LogP contribution in [0.15, 0.2) is 66.0 Å². The highest BCUT2D eigenvalue weighted by Crippen LogP contribution is 2.15. The fraction of sp³-hybridized carbons (Fsp3) is 0.208. The number of amides is 3. The Bertz CT molecular complexity index is 1050. The van der Waals surface area contributed by atoms with Crippen molar-refractivity contribution in [3.8, 4) is 0 Å². The lowest BCUT2D eigenvalue weighted by atomic mass is 10.1. The third-order valence-corrected chi connectivity index (χ3v) is 5.45. The molecule has 1 aromatic heterocycles. The van der Waals surface area contributed by atoms with E-state index in [1.807, 2.05) is 29.6 Å². The second-order valence-electron chi connectivity index (χ2n) is 7.13. The van der Waals surface area contributed by atoms with Crippen LogP contribution in [0, 0.1) is 0 Å². The van der Waals surface area contributed by atoms with Crippen LogP contribution in [0.1, 0.15) is 40.6 Å². The number of hydrogen-bond donors (Lipinski definition) is 3. The van der Waals surface area contributed by atoms with Crippen LogP contribution in [0.3, 0.4) is 0 Å². The smallest absolute Gasteiger partial charge is 0.251 e. The standard InChI is InChI=1S/C24H25N3O3S/c1-17(28)26-20-8-2-6-18(14-20)16-25-24(30)19-7-3-9-21(15-19)27-23(29)12-4-10-22-11-5-13-31-22/h2-3,5-9,11,13-15H,4,10,12,16H2,1H3,(H,25,30)(H,26,28)(H,27,29). The van der Waals surface area contributed by atoms with Gasteiger partial charge in [-0.05, 0) is 60.2 Å². The van der Waals surface area contributed by atoms with Gasteiger partial charge in [0.2, 0.25) is 11.8 Å². The molecule has 3 N–H and O–H groups in total. The summed E-state index contributed by atoms with van der Waals surface area (Å²) in [5.41, 5.74) is 2.62. The molecule has 3 amide bonds. The molecule has 1 heterocycles. The quantitative estimate of drug-likeness (QED) is 0.459. The van der Waals surface area contributed by atoms with E-state index < -0.39 is 0 Å². The van der Waals surface area contributed by atoms with Crippen molar-refractivity contribution in [3.63, 3.8) is 0 Å². The largest absolute Gasteiger partial charge is 0.348 e. The Kier molecular flexibility index (Phi) is 7.95. The van der Waals surface area contributed by atoms with Crippen molar-refractivity contribution in [1.82, 2.24) is 5.32 Å². The number of thiophene rings is 1. The summed E-state index contributed by atoms with van der Waals surface area (Å²) < 4.78 is 0. The maximum absolute atomic E-state index is 12.5. The van der Waals surface area contributed by atoms with E-state index in [0.29, 0.717) is 29.9 Å². The molecule has 6 nitrogen and oxygen atoms in total. The van der Waals surface area contributed by atoms with Gasteiger partial charge in [-0.1, -0.05) is 24.3 Å². The molecule has 0 aliphatic carbocycles. The molecule has 0 bridgehead atoms. The number of rotatable bonds is 9. The van der Waals surface area contributed by atoms with Gasteiger partial charge in [0, 0.05) is 41.7 Å².